The number of fused-ring (bicyclic) bond motifs is 1. The molecule has 1 amide bonds. The van der Waals surface area contributed by atoms with Gasteiger partial charge in [0.1, 0.15) is 18.0 Å². The Morgan fingerprint density at radius 2 is 1.85 bits per heavy atom. The van der Waals surface area contributed by atoms with Crippen molar-refractivity contribution in [3.63, 3.8) is 0 Å². The zero-order valence-corrected chi connectivity index (χ0v) is 15.8. The monoisotopic (exact) mass is 372 g/mol. The molecule has 3 heterocycles. The molecule has 144 valence electrons. The van der Waals surface area contributed by atoms with Crippen molar-refractivity contribution >= 4 is 22.6 Å². The summed E-state index contributed by atoms with van der Waals surface area (Å²) in [6.07, 6.45) is 3.13. The summed E-state index contributed by atoms with van der Waals surface area (Å²) >= 11 is 0. The molecule has 7 heteroatoms. The van der Waals surface area contributed by atoms with Gasteiger partial charge in [-0.3, -0.25) is 4.79 Å². The molecule has 0 N–H and O–H groups in total. The van der Waals surface area contributed by atoms with E-state index in [1.165, 1.54) is 12.4 Å². The normalized spacial score (nSPS) is 24.4. The summed E-state index contributed by atoms with van der Waals surface area (Å²) in [5.74, 6) is 0.544. The number of rotatable bonds is 2. The number of nitrogens with zero attached hydrogens (tertiary/aromatic N) is 4. The van der Waals surface area contributed by atoms with Crippen molar-refractivity contribution < 1.29 is 13.9 Å². The Hall–Kier alpha value is -2.28. The van der Waals surface area contributed by atoms with Gasteiger partial charge < -0.3 is 14.5 Å². The summed E-state index contributed by atoms with van der Waals surface area (Å²) < 4.78 is 20.1. The fourth-order valence-electron chi connectivity index (χ4n) is 4.25. The Morgan fingerprint density at radius 3 is 2.56 bits per heavy atom. The molecule has 0 bridgehead atoms. The predicted octanol–water partition coefficient (Wildman–Crippen LogP) is 2.62. The molecule has 1 aromatic carbocycles. The van der Waals surface area contributed by atoms with Crippen molar-refractivity contribution in [3.8, 4) is 0 Å². The average molecular weight is 372 g/mol. The van der Waals surface area contributed by atoms with Gasteiger partial charge in [-0.2, -0.15) is 0 Å². The Kier molecular flexibility index (Phi) is 4.95. The van der Waals surface area contributed by atoms with E-state index in [1.54, 1.807) is 12.1 Å². The highest BCUT2D eigenvalue weighted by molar-refractivity contribution is 5.90. The third-order valence-corrected chi connectivity index (χ3v) is 5.47. The molecule has 0 unspecified atom stereocenters. The van der Waals surface area contributed by atoms with E-state index in [0.717, 1.165) is 12.8 Å². The number of carbonyl (C=O) groups excluding carboxylic acids is 1. The van der Waals surface area contributed by atoms with Gasteiger partial charge in [0.25, 0.3) is 0 Å². The Balaban J connectivity index is 1.46. The van der Waals surface area contributed by atoms with Crippen LogP contribution in [0.1, 0.15) is 26.7 Å². The Labute approximate surface area is 158 Å². The Bertz CT molecular complexity index is 823. The van der Waals surface area contributed by atoms with Crippen molar-refractivity contribution in [2.24, 2.45) is 5.92 Å². The number of anilines is 1. The van der Waals surface area contributed by atoms with E-state index in [9.17, 15) is 9.18 Å². The molecule has 0 saturated carbocycles. The van der Waals surface area contributed by atoms with Crippen molar-refractivity contribution in [1.29, 1.82) is 0 Å². The first-order valence-corrected chi connectivity index (χ1v) is 9.61. The van der Waals surface area contributed by atoms with Crippen LogP contribution in [-0.4, -0.2) is 59.2 Å². The highest BCUT2D eigenvalue weighted by atomic mass is 19.1. The molecular weight excluding hydrogens is 347 g/mol. The van der Waals surface area contributed by atoms with Crippen LogP contribution in [0.4, 0.5) is 10.2 Å². The second-order valence-electron chi connectivity index (χ2n) is 7.59. The first-order chi connectivity index (χ1) is 13.0. The van der Waals surface area contributed by atoms with Gasteiger partial charge in [-0.25, -0.2) is 14.4 Å². The van der Waals surface area contributed by atoms with Gasteiger partial charge in [0.05, 0.1) is 23.1 Å². The predicted molar refractivity (Wildman–Crippen MR) is 101 cm³/mol. The molecule has 6 nitrogen and oxygen atoms in total. The molecule has 2 aliphatic heterocycles. The minimum atomic E-state index is -0.308. The molecule has 0 spiro atoms. The number of hydrogen-bond donors (Lipinski definition) is 0. The number of piperidine rings is 1. The lowest BCUT2D eigenvalue weighted by molar-refractivity contribution is -0.148. The van der Waals surface area contributed by atoms with Crippen molar-refractivity contribution in [2.45, 2.75) is 38.9 Å². The third kappa shape index (κ3) is 3.60. The number of ether oxygens (including phenoxy) is 1. The molecule has 0 aliphatic carbocycles. The van der Waals surface area contributed by atoms with Crippen molar-refractivity contribution in [2.75, 3.05) is 31.1 Å². The maximum atomic E-state index is 14.3. The second-order valence-corrected chi connectivity index (χ2v) is 7.59. The van der Waals surface area contributed by atoms with E-state index in [1.807, 2.05) is 18.7 Å². The molecule has 2 fully saturated rings. The van der Waals surface area contributed by atoms with Gasteiger partial charge in [-0.15, -0.1) is 0 Å². The van der Waals surface area contributed by atoms with Gasteiger partial charge in [0.15, 0.2) is 0 Å². The first kappa shape index (κ1) is 18.1. The lowest BCUT2D eigenvalue weighted by Gasteiger charge is -2.39. The lowest BCUT2D eigenvalue weighted by Crippen LogP contribution is -2.51. The summed E-state index contributed by atoms with van der Waals surface area (Å²) in [4.78, 5) is 25.4. The Morgan fingerprint density at radius 1 is 1.15 bits per heavy atom. The number of amides is 1. The molecule has 2 saturated heterocycles. The van der Waals surface area contributed by atoms with Crippen LogP contribution in [0, 0.1) is 11.7 Å². The van der Waals surface area contributed by atoms with Crippen LogP contribution in [0.15, 0.2) is 24.5 Å². The molecule has 1 aromatic heterocycles. The largest absolute Gasteiger partial charge is 0.372 e. The third-order valence-electron chi connectivity index (χ3n) is 5.47. The van der Waals surface area contributed by atoms with E-state index >= 15 is 0 Å². The van der Waals surface area contributed by atoms with Gasteiger partial charge in [-0.1, -0.05) is 6.07 Å². The van der Waals surface area contributed by atoms with Gasteiger partial charge in [0.2, 0.25) is 5.91 Å². The number of aromatic nitrogens is 2. The summed E-state index contributed by atoms with van der Waals surface area (Å²) in [5, 5.41) is 0.459. The number of morpholine rings is 1. The van der Waals surface area contributed by atoms with Crippen molar-refractivity contribution in [1.82, 2.24) is 14.9 Å². The van der Waals surface area contributed by atoms with E-state index < -0.39 is 0 Å². The van der Waals surface area contributed by atoms with E-state index in [2.05, 4.69) is 14.9 Å². The quantitative estimate of drug-likeness (QED) is 0.811. The minimum absolute atomic E-state index is 0.0108. The SMILES string of the molecule is C[C@H]1CN(C(=O)C2CCN(c3ncnc4cccc(F)c34)CC2)C[C@H](C)O1. The fourth-order valence-corrected chi connectivity index (χ4v) is 4.25. The zero-order valence-electron chi connectivity index (χ0n) is 15.8. The highest BCUT2D eigenvalue weighted by Gasteiger charge is 2.33. The maximum Gasteiger partial charge on any atom is 0.225 e. The van der Waals surface area contributed by atoms with Crippen LogP contribution in [-0.2, 0) is 9.53 Å². The van der Waals surface area contributed by atoms with Crippen LogP contribution >= 0.6 is 0 Å². The maximum absolute atomic E-state index is 14.3. The van der Waals surface area contributed by atoms with E-state index in [4.69, 9.17) is 4.74 Å². The molecule has 4 rings (SSSR count). The number of carbonyl (C=O) groups is 1. The van der Waals surface area contributed by atoms with Gasteiger partial charge in [-0.05, 0) is 38.8 Å². The summed E-state index contributed by atoms with van der Waals surface area (Å²) in [5.41, 5.74) is 0.606. The summed E-state index contributed by atoms with van der Waals surface area (Å²) in [6, 6.07) is 4.89. The molecule has 2 aromatic rings. The minimum Gasteiger partial charge on any atom is -0.372 e. The van der Waals surface area contributed by atoms with Crippen LogP contribution in [0.25, 0.3) is 10.9 Å². The van der Waals surface area contributed by atoms with Crippen LogP contribution in [0.5, 0.6) is 0 Å². The standard InChI is InChI=1S/C20H25FN4O2/c1-13-10-25(11-14(2)27-13)20(26)15-6-8-24(9-7-15)19-18-16(21)4-3-5-17(18)22-12-23-19/h3-5,12-15H,6-11H2,1-2H3/t13-,14-/m0/s1. The number of hydrogen-bond acceptors (Lipinski definition) is 5. The fraction of sp³-hybridized carbons (Fsp3) is 0.550. The molecule has 2 aliphatic rings. The van der Waals surface area contributed by atoms with Crippen LogP contribution < -0.4 is 4.90 Å². The number of halogens is 1. The van der Waals surface area contributed by atoms with Crippen molar-refractivity contribution in [3.05, 3.63) is 30.3 Å². The molecule has 27 heavy (non-hydrogen) atoms. The van der Waals surface area contributed by atoms with E-state index in [0.29, 0.717) is 42.9 Å². The molecule has 0 radical (unpaired) electrons. The first-order valence-electron chi connectivity index (χ1n) is 9.61. The van der Waals surface area contributed by atoms with Crippen LogP contribution in [0.2, 0.25) is 0 Å². The van der Waals surface area contributed by atoms with Crippen LogP contribution in [0.3, 0.4) is 0 Å². The smallest absolute Gasteiger partial charge is 0.225 e. The topological polar surface area (TPSA) is 58.6 Å². The van der Waals surface area contributed by atoms with E-state index in [-0.39, 0.29) is 29.9 Å². The van der Waals surface area contributed by atoms with Gasteiger partial charge >= 0.3 is 0 Å². The summed E-state index contributed by atoms with van der Waals surface area (Å²) in [7, 11) is 0. The molecular formula is C20H25FN4O2. The average Bonchev–Trinajstić information content (AvgIpc) is 2.67. The lowest BCUT2D eigenvalue weighted by atomic mass is 9.94. The zero-order chi connectivity index (χ0) is 19.0. The summed E-state index contributed by atoms with van der Waals surface area (Å²) in [6.45, 7) is 6.70. The van der Waals surface area contributed by atoms with Gasteiger partial charge in [0, 0.05) is 32.1 Å². The second kappa shape index (κ2) is 7.38. The highest BCUT2D eigenvalue weighted by Crippen LogP contribution is 2.30. The number of benzene rings is 1. The molecule has 2 atom stereocenters.